The van der Waals surface area contributed by atoms with Gasteiger partial charge >= 0.3 is 0 Å². The summed E-state index contributed by atoms with van der Waals surface area (Å²) in [6.07, 6.45) is 5.09. The minimum Gasteiger partial charge on any atom is -0.348 e. The van der Waals surface area contributed by atoms with Crippen molar-refractivity contribution in [2.45, 2.75) is 6.54 Å². The van der Waals surface area contributed by atoms with Gasteiger partial charge in [-0.05, 0) is 42.0 Å². The molecule has 114 valence electrons. The lowest BCUT2D eigenvalue weighted by molar-refractivity contribution is 0.0951. The molecule has 0 saturated heterocycles. The molecule has 0 aliphatic carbocycles. The molecule has 4 nitrogen and oxygen atoms in total. The van der Waals surface area contributed by atoms with Gasteiger partial charge in [0.1, 0.15) is 0 Å². The van der Waals surface area contributed by atoms with Crippen LogP contribution in [0.2, 0.25) is 5.02 Å². The third kappa shape index (κ3) is 3.73. The molecule has 0 bridgehead atoms. The quantitative estimate of drug-likeness (QED) is 0.796. The Morgan fingerprint density at radius 2 is 1.74 bits per heavy atom. The van der Waals surface area contributed by atoms with Gasteiger partial charge in [-0.15, -0.1) is 0 Å². The van der Waals surface area contributed by atoms with E-state index in [1.807, 2.05) is 24.3 Å². The molecule has 0 aliphatic heterocycles. The van der Waals surface area contributed by atoms with Gasteiger partial charge in [0.25, 0.3) is 5.91 Å². The van der Waals surface area contributed by atoms with E-state index < -0.39 is 0 Å². The molecule has 0 spiro atoms. The predicted octanol–water partition coefficient (Wildman–Crippen LogP) is 3.73. The lowest BCUT2D eigenvalue weighted by Crippen LogP contribution is -2.22. The van der Waals surface area contributed by atoms with Crippen LogP contribution in [-0.4, -0.2) is 15.9 Å². The Morgan fingerprint density at radius 1 is 1.00 bits per heavy atom. The number of hydrogen-bond donors (Lipinski definition) is 1. The van der Waals surface area contributed by atoms with Gasteiger partial charge in [0, 0.05) is 36.3 Å². The molecule has 0 radical (unpaired) electrons. The fourth-order valence-corrected chi connectivity index (χ4v) is 2.39. The van der Waals surface area contributed by atoms with Crippen molar-refractivity contribution in [3.63, 3.8) is 0 Å². The largest absolute Gasteiger partial charge is 0.348 e. The normalized spacial score (nSPS) is 10.3. The molecule has 2 heterocycles. The van der Waals surface area contributed by atoms with E-state index in [1.165, 1.54) is 0 Å². The maximum atomic E-state index is 12.2. The van der Waals surface area contributed by atoms with Gasteiger partial charge in [-0.1, -0.05) is 23.7 Å². The van der Waals surface area contributed by atoms with Gasteiger partial charge in [-0.2, -0.15) is 0 Å². The highest BCUT2D eigenvalue weighted by atomic mass is 35.5. The number of rotatable bonds is 4. The second-order valence-corrected chi connectivity index (χ2v) is 5.36. The Balaban J connectivity index is 1.70. The average molecular weight is 324 g/mol. The number of benzene rings is 1. The fourth-order valence-electron chi connectivity index (χ4n) is 2.16. The van der Waals surface area contributed by atoms with Crippen molar-refractivity contribution in [1.29, 1.82) is 0 Å². The van der Waals surface area contributed by atoms with E-state index in [4.69, 9.17) is 11.6 Å². The molecule has 0 atom stereocenters. The van der Waals surface area contributed by atoms with Crippen LogP contribution in [0.15, 0.2) is 67.1 Å². The number of pyridine rings is 2. The zero-order valence-electron chi connectivity index (χ0n) is 12.2. The van der Waals surface area contributed by atoms with Crippen LogP contribution < -0.4 is 5.32 Å². The fraction of sp³-hybridized carbons (Fsp3) is 0.0556. The van der Waals surface area contributed by atoms with Crippen molar-refractivity contribution >= 4 is 17.5 Å². The van der Waals surface area contributed by atoms with Gasteiger partial charge in [-0.3, -0.25) is 14.8 Å². The number of aromatic nitrogens is 2. The van der Waals surface area contributed by atoms with Crippen molar-refractivity contribution in [3.8, 4) is 11.3 Å². The molecule has 3 rings (SSSR count). The first kappa shape index (κ1) is 15.2. The monoisotopic (exact) mass is 323 g/mol. The van der Waals surface area contributed by atoms with E-state index in [9.17, 15) is 4.79 Å². The Hall–Kier alpha value is -2.72. The first-order valence-corrected chi connectivity index (χ1v) is 7.50. The topological polar surface area (TPSA) is 54.9 Å². The van der Waals surface area contributed by atoms with Crippen molar-refractivity contribution in [2.24, 2.45) is 0 Å². The van der Waals surface area contributed by atoms with E-state index >= 15 is 0 Å². The molecule has 0 aliphatic rings. The SMILES string of the molecule is O=C(NCc1ccncc1)c1ccc(-c2ncccc2Cl)cc1. The first-order chi connectivity index (χ1) is 11.2. The zero-order valence-corrected chi connectivity index (χ0v) is 13.0. The molecule has 0 fully saturated rings. The van der Waals surface area contributed by atoms with E-state index in [-0.39, 0.29) is 5.91 Å². The van der Waals surface area contributed by atoms with E-state index in [1.54, 1.807) is 42.9 Å². The van der Waals surface area contributed by atoms with Crippen LogP contribution in [0.3, 0.4) is 0 Å². The third-order valence-corrected chi connectivity index (χ3v) is 3.69. The number of carbonyl (C=O) groups is 1. The number of carbonyl (C=O) groups excluding carboxylic acids is 1. The van der Waals surface area contributed by atoms with Gasteiger partial charge < -0.3 is 5.32 Å². The van der Waals surface area contributed by atoms with Crippen molar-refractivity contribution in [3.05, 3.63) is 83.3 Å². The van der Waals surface area contributed by atoms with Gasteiger partial charge in [-0.25, -0.2) is 0 Å². The van der Waals surface area contributed by atoms with Crippen LogP contribution in [0, 0.1) is 0 Å². The summed E-state index contributed by atoms with van der Waals surface area (Å²) >= 11 is 6.13. The number of halogens is 1. The zero-order chi connectivity index (χ0) is 16.1. The number of amides is 1. The van der Waals surface area contributed by atoms with Crippen LogP contribution in [0.25, 0.3) is 11.3 Å². The molecule has 2 aromatic heterocycles. The Labute approximate surface area is 139 Å². The minimum absolute atomic E-state index is 0.125. The average Bonchev–Trinajstić information content (AvgIpc) is 2.61. The maximum absolute atomic E-state index is 12.2. The molecule has 1 amide bonds. The molecular weight excluding hydrogens is 310 g/mol. The Kier molecular flexibility index (Phi) is 4.64. The van der Waals surface area contributed by atoms with Crippen molar-refractivity contribution in [1.82, 2.24) is 15.3 Å². The highest BCUT2D eigenvalue weighted by Crippen LogP contribution is 2.25. The van der Waals surface area contributed by atoms with Gasteiger partial charge in [0.05, 0.1) is 10.7 Å². The Morgan fingerprint density at radius 3 is 2.43 bits per heavy atom. The summed E-state index contributed by atoms with van der Waals surface area (Å²) in [5, 5.41) is 3.46. The molecule has 1 N–H and O–H groups in total. The van der Waals surface area contributed by atoms with E-state index in [0.29, 0.717) is 22.8 Å². The second kappa shape index (κ2) is 7.03. The summed E-state index contributed by atoms with van der Waals surface area (Å²) in [4.78, 5) is 20.4. The maximum Gasteiger partial charge on any atom is 0.251 e. The molecular formula is C18H14ClN3O. The van der Waals surface area contributed by atoms with Gasteiger partial charge in [0.2, 0.25) is 0 Å². The van der Waals surface area contributed by atoms with Crippen molar-refractivity contribution < 1.29 is 4.79 Å². The highest BCUT2D eigenvalue weighted by Gasteiger charge is 2.08. The molecule has 3 aromatic rings. The van der Waals surface area contributed by atoms with E-state index in [2.05, 4.69) is 15.3 Å². The summed E-state index contributed by atoms with van der Waals surface area (Å²) in [7, 11) is 0. The molecule has 0 unspecified atom stereocenters. The molecule has 23 heavy (non-hydrogen) atoms. The van der Waals surface area contributed by atoms with E-state index in [0.717, 1.165) is 11.1 Å². The summed E-state index contributed by atoms with van der Waals surface area (Å²) < 4.78 is 0. The lowest BCUT2D eigenvalue weighted by atomic mass is 10.1. The molecule has 0 saturated carbocycles. The van der Waals surface area contributed by atoms with Crippen molar-refractivity contribution in [2.75, 3.05) is 0 Å². The van der Waals surface area contributed by atoms with Crippen LogP contribution >= 0.6 is 11.6 Å². The summed E-state index contributed by atoms with van der Waals surface area (Å²) in [6.45, 7) is 0.467. The first-order valence-electron chi connectivity index (χ1n) is 7.12. The van der Waals surface area contributed by atoms with Crippen LogP contribution in [0.4, 0.5) is 0 Å². The highest BCUT2D eigenvalue weighted by molar-refractivity contribution is 6.33. The second-order valence-electron chi connectivity index (χ2n) is 4.95. The summed E-state index contributed by atoms with van der Waals surface area (Å²) in [5.74, 6) is -0.125. The molecule has 1 aromatic carbocycles. The Bertz CT molecular complexity index is 804. The third-order valence-electron chi connectivity index (χ3n) is 3.38. The number of nitrogens with zero attached hydrogens (tertiary/aromatic N) is 2. The predicted molar refractivity (Wildman–Crippen MR) is 90.1 cm³/mol. The lowest BCUT2D eigenvalue weighted by Gasteiger charge is -2.07. The standard InChI is InChI=1S/C18H14ClN3O/c19-16-2-1-9-21-17(16)14-3-5-15(6-4-14)18(23)22-12-13-7-10-20-11-8-13/h1-11H,12H2,(H,22,23). The smallest absolute Gasteiger partial charge is 0.251 e. The van der Waals surface area contributed by atoms with Crippen LogP contribution in [-0.2, 0) is 6.54 Å². The molecule has 5 heteroatoms. The number of hydrogen-bond acceptors (Lipinski definition) is 3. The minimum atomic E-state index is -0.125. The number of nitrogens with one attached hydrogen (secondary N) is 1. The van der Waals surface area contributed by atoms with Crippen LogP contribution in [0.5, 0.6) is 0 Å². The summed E-state index contributed by atoms with van der Waals surface area (Å²) in [6, 6.07) is 14.5. The van der Waals surface area contributed by atoms with Crippen LogP contribution in [0.1, 0.15) is 15.9 Å². The van der Waals surface area contributed by atoms with Gasteiger partial charge in [0.15, 0.2) is 0 Å². The summed E-state index contributed by atoms with van der Waals surface area (Å²) in [5.41, 5.74) is 3.18.